The highest BCUT2D eigenvalue weighted by Gasteiger charge is 2.27. The van der Waals surface area contributed by atoms with E-state index in [2.05, 4.69) is 4.98 Å². The van der Waals surface area contributed by atoms with E-state index in [9.17, 15) is 4.79 Å². The maximum absolute atomic E-state index is 12.1. The normalized spacial score (nSPS) is 19.3. The van der Waals surface area contributed by atoms with Crippen molar-refractivity contribution in [3.63, 3.8) is 0 Å². The van der Waals surface area contributed by atoms with Gasteiger partial charge in [0.1, 0.15) is 5.69 Å². The molecule has 3 heteroatoms. The van der Waals surface area contributed by atoms with Crippen molar-refractivity contribution in [1.29, 1.82) is 0 Å². The lowest BCUT2D eigenvalue weighted by Crippen LogP contribution is -2.39. The van der Waals surface area contributed by atoms with E-state index in [1.807, 2.05) is 12.1 Å². The highest BCUT2D eigenvalue weighted by molar-refractivity contribution is 5.98. The molecule has 1 heterocycles. The zero-order valence-corrected chi connectivity index (χ0v) is 9.43. The molecular weight excluding hydrogens is 200 g/mol. The van der Waals surface area contributed by atoms with Gasteiger partial charge in [0.05, 0.1) is 6.04 Å². The van der Waals surface area contributed by atoms with Crippen LogP contribution in [0.15, 0.2) is 24.4 Å². The van der Waals surface area contributed by atoms with Gasteiger partial charge in [0.25, 0.3) is 0 Å². The smallest absolute Gasteiger partial charge is 0.198 e. The summed E-state index contributed by atoms with van der Waals surface area (Å²) in [5.74, 6) is 0.343. The van der Waals surface area contributed by atoms with Gasteiger partial charge in [-0.05, 0) is 30.9 Å². The number of rotatable bonds is 3. The van der Waals surface area contributed by atoms with Gasteiger partial charge in [0.2, 0.25) is 0 Å². The van der Waals surface area contributed by atoms with Gasteiger partial charge in [-0.15, -0.1) is 0 Å². The van der Waals surface area contributed by atoms with Crippen LogP contribution < -0.4 is 5.73 Å². The van der Waals surface area contributed by atoms with Gasteiger partial charge in [-0.1, -0.05) is 25.3 Å². The molecule has 3 nitrogen and oxygen atoms in total. The van der Waals surface area contributed by atoms with Gasteiger partial charge < -0.3 is 5.73 Å². The summed E-state index contributed by atoms with van der Waals surface area (Å²) in [6.45, 7) is 0. The predicted octanol–water partition coefficient (Wildman–Crippen LogP) is 2.17. The summed E-state index contributed by atoms with van der Waals surface area (Å²) in [4.78, 5) is 16.1. The monoisotopic (exact) mass is 218 g/mol. The van der Waals surface area contributed by atoms with Gasteiger partial charge in [0, 0.05) is 6.20 Å². The minimum atomic E-state index is -0.366. The molecule has 16 heavy (non-hydrogen) atoms. The summed E-state index contributed by atoms with van der Waals surface area (Å²) < 4.78 is 0. The molecule has 0 unspecified atom stereocenters. The minimum absolute atomic E-state index is 0.00694. The first kappa shape index (κ1) is 11.3. The highest BCUT2D eigenvalue weighted by Crippen LogP contribution is 2.26. The third kappa shape index (κ3) is 2.47. The molecule has 1 atom stereocenters. The fourth-order valence-corrected chi connectivity index (χ4v) is 2.39. The van der Waals surface area contributed by atoms with Crippen molar-refractivity contribution < 1.29 is 4.79 Å². The van der Waals surface area contributed by atoms with Crippen LogP contribution >= 0.6 is 0 Å². The predicted molar refractivity (Wildman–Crippen MR) is 63.1 cm³/mol. The minimum Gasteiger partial charge on any atom is -0.321 e. The van der Waals surface area contributed by atoms with Crippen molar-refractivity contribution in [2.24, 2.45) is 11.7 Å². The number of Topliss-reactive ketones (excluding diaryl/α,β-unsaturated/α-hetero) is 1. The van der Waals surface area contributed by atoms with E-state index >= 15 is 0 Å². The molecule has 0 bridgehead atoms. The van der Waals surface area contributed by atoms with Gasteiger partial charge in [-0.2, -0.15) is 0 Å². The van der Waals surface area contributed by atoms with Crippen molar-refractivity contribution in [2.75, 3.05) is 0 Å². The zero-order chi connectivity index (χ0) is 11.4. The molecule has 0 aromatic carbocycles. The van der Waals surface area contributed by atoms with Crippen molar-refractivity contribution >= 4 is 5.78 Å². The number of nitrogens with two attached hydrogens (primary N) is 1. The van der Waals surface area contributed by atoms with E-state index in [0.717, 1.165) is 12.8 Å². The summed E-state index contributed by atoms with van der Waals surface area (Å²) in [5, 5.41) is 0. The summed E-state index contributed by atoms with van der Waals surface area (Å²) in [5.41, 5.74) is 6.53. The second kappa shape index (κ2) is 5.21. The number of hydrogen-bond donors (Lipinski definition) is 1. The van der Waals surface area contributed by atoms with Crippen LogP contribution in [0.4, 0.5) is 0 Å². The number of ketones is 1. The molecule has 0 aliphatic heterocycles. The second-order valence-electron chi connectivity index (χ2n) is 4.50. The Morgan fingerprint density at radius 2 is 2.06 bits per heavy atom. The quantitative estimate of drug-likeness (QED) is 0.791. The Morgan fingerprint density at radius 3 is 2.69 bits per heavy atom. The molecule has 0 amide bonds. The number of carbonyl (C=O) groups excluding carboxylic acids is 1. The standard InChI is InChI=1S/C13H18N2O/c14-12(10-6-2-1-3-7-10)13(16)11-8-4-5-9-15-11/h4-5,8-10,12H,1-3,6-7,14H2/t12-/m0/s1. The van der Waals surface area contributed by atoms with Crippen LogP contribution in [0, 0.1) is 5.92 Å². The number of pyridine rings is 1. The Hall–Kier alpha value is -1.22. The number of nitrogens with zero attached hydrogens (tertiary/aromatic N) is 1. The van der Waals surface area contributed by atoms with E-state index < -0.39 is 0 Å². The molecule has 86 valence electrons. The Bertz CT molecular complexity index is 344. The molecule has 0 saturated heterocycles. The molecule has 0 spiro atoms. The summed E-state index contributed by atoms with van der Waals surface area (Å²) in [7, 11) is 0. The Balaban J connectivity index is 2.04. The van der Waals surface area contributed by atoms with Gasteiger partial charge in [-0.25, -0.2) is 0 Å². The van der Waals surface area contributed by atoms with Crippen molar-refractivity contribution in [2.45, 2.75) is 38.1 Å². The third-order valence-electron chi connectivity index (χ3n) is 3.38. The fraction of sp³-hybridized carbons (Fsp3) is 0.538. The van der Waals surface area contributed by atoms with Crippen LogP contribution in [0.1, 0.15) is 42.6 Å². The van der Waals surface area contributed by atoms with Crippen LogP contribution in [0.2, 0.25) is 0 Å². The van der Waals surface area contributed by atoms with Crippen molar-refractivity contribution in [1.82, 2.24) is 4.98 Å². The highest BCUT2D eigenvalue weighted by atomic mass is 16.1. The first-order valence-electron chi connectivity index (χ1n) is 6.00. The second-order valence-corrected chi connectivity index (χ2v) is 4.50. The van der Waals surface area contributed by atoms with Gasteiger partial charge in [-0.3, -0.25) is 9.78 Å². The summed E-state index contributed by atoms with van der Waals surface area (Å²) in [6, 6.07) is 5.01. The Kier molecular flexibility index (Phi) is 3.67. The van der Waals surface area contributed by atoms with Gasteiger partial charge >= 0.3 is 0 Å². The summed E-state index contributed by atoms with van der Waals surface area (Å²) in [6.07, 6.45) is 7.49. The molecule has 1 aliphatic rings. The molecule has 1 aromatic heterocycles. The average molecular weight is 218 g/mol. The Morgan fingerprint density at radius 1 is 1.31 bits per heavy atom. The topological polar surface area (TPSA) is 56.0 Å². The lowest BCUT2D eigenvalue weighted by molar-refractivity contribution is 0.0911. The first-order chi connectivity index (χ1) is 7.79. The molecule has 1 saturated carbocycles. The lowest BCUT2D eigenvalue weighted by atomic mass is 9.82. The SMILES string of the molecule is N[C@H](C(=O)c1ccccn1)C1CCCCC1. The number of carbonyl (C=O) groups is 1. The van der Waals surface area contributed by atoms with E-state index in [1.54, 1.807) is 12.3 Å². The molecule has 2 N–H and O–H groups in total. The molecule has 2 rings (SSSR count). The molecule has 1 aromatic rings. The number of aromatic nitrogens is 1. The fourth-order valence-electron chi connectivity index (χ4n) is 2.39. The third-order valence-corrected chi connectivity index (χ3v) is 3.38. The van der Waals surface area contributed by atoms with Crippen LogP contribution in [-0.4, -0.2) is 16.8 Å². The van der Waals surface area contributed by atoms with E-state index in [1.165, 1.54) is 19.3 Å². The lowest BCUT2D eigenvalue weighted by Gasteiger charge is -2.26. The summed E-state index contributed by atoms with van der Waals surface area (Å²) >= 11 is 0. The largest absolute Gasteiger partial charge is 0.321 e. The van der Waals surface area contributed by atoms with Gasteiger partial charge in [0.15, 0.2) is 5.78 Å². The van der Waals surface area contributed by atoms with Crippen LogP contribution in [0.5, 0.6) is 0 Å². The van der Waals surface area contributed by atoms with E-state index in [4.69, 9.17) is 5.73 Å². The van der Waals surface area contributed by atoms with Crippen LogP contribution in [0.25, 0.3) is 0 Å². The first-order valence-corrected chi connectivity index (χ1v) is 6.00. The average Bonchev–Trinajstić information content (AvgIpc) is 2.39. The maximum Gasteiger partial charge on any atom is 0.198 e. The van der Waals surface area contributed by atoms with Crippen molar-refractivity contribution in [3.8, 4) is 0 Å². The van der Waals surface area contributed by atoms with E-state index in [-0.39, 0.29) is 11.8 Å². The van der Waals surface area contributed by atoms with Crippen LogP contribution in [-0.2, 0) is 0 Å². The number of hydrogen-bond acceptors (Lipinski definition) is 3. The molecular formula is C13H18N2O. The maximum atomic E-state index is 12.1. The Labute approximate surface area is 96.1 Å². The molecule has 1 fully saturated rings. The zero-order valence-electron chi connectivity index (χ0n) is 9.43. The molecule has 1 aliphatic carbocycles. The van der Waals surface area contributed by atoms with E-state index in [0.29, 0.717) is 11.6 Å². The van der Waals surface area contributed by atoms with Crippen LogP contribution in [0.3, 0.4) is 0 Å². The van der Waals surface area contributed by atoms with Crippen molar-refractivity contribution in [3.05, 3.63) is 30.1 Å². The molecule has 0 radical (unpaired) electrons.